The minimum Gasteiger partial charge on any atom is -0.465 e. The highest BCUT2D eigenvalue weighted by Crippen LogP contribution is 2.29. The van der Waals surface area contributed by atoms with Crippen molar-refractivity contribution >= 4 is 29.0 Å². The largest absolute Gasteiger partial charge is 0.535 e. The maximum Gasteiger partial charge on any atom is 0.535 e. The summed E-state index contributed by atoms with van der Waals surface area (Å²) in [6.07, 6.45) is -0.950. The molecular weight excluding hydrogens is 488 g/mol. The van der Waals surface area contributed by atoms with Crippen molar-refractivity contribution < 1.29 is 28.6 Å². The molecule has 196 valence electrons. The van der Waals surface area contributed by atoms with Crippen molar-refractivity contribution in [3.05, 3.63) is 83.4 Å². The fourth-order valence-electron chi connectivity index (χ4n) is 4.06. The van der Waals surface area contributed by atoms with Crippen molar-refractivity contribution in [1.82, 2.24) is 9.55 Å². The van der Waals surface area contributed by atoms with Gasteiger partial charge in [-0.2, -0.15) is 4.98 Å². The van der Waals surface area contributed by atoms with Gasteiger partial charge < -0.3 is 19.9 Å². The molecule has 0 atom stereocenters. The van der Waals surface area contributed by atoms with Gasteiger partial charge in [0.1, 0.15) is 0 Å². The molecule has 10 heteroatoms. The Kier molecular flexibility index (Phi) is 8.22. The summed E-state index contributed by atoms with van der Waals surface area (Å²) < 4.78 is 17.4. The minimum absolute atomic E-state index is 0.00507. The number of para-hydroxylation sites is 1. The molecule has 0 spiro atoms. The van der Waals surface area contributed by atoms with Gasteiger partial charge in [0.25, 0.3) is 6.01 Å². The average Bonchev–Trinajstić information content (AvgIpc) is 3.29. The van der Waals surface area contributed by atoms with Crippen LogP contribution >= 0.6 is 0 Å². The van der Waals surface area contributed by atoms with E-state index in [9.17, 15) is 9.59 Å². The fraction of sp³-hybridized carbons (Fsp3) is 0.214. The standard InChI is InChI=1S/C28H28N4O6/c1-4-36-27-30-23-13-9-12-21(26(33)35-3)24(23)32(27)17-18-14-15-20(19-10-7-6-8-11-19)22(16-18)25(29)31-38-28(34)37-5-2/h6-16H,4-5,17H2,1-3H3,(H2,29,31). The van der Waals surface area contributed by atoms with E-state index in [0.29, 0.717) is 41.3 Å². The average molecular weight is 517 g/mol. The second kappa shape index (κ2) is 11.9. The van der Waals surface area contributed by atoms with E-state index in [4.69, 9.17) is 24.8 Å². The Bertz CT molecular complexity index is 1480. The van der Waals surface area contributed by atoms with E-state index in [-0.39, 0.29) is 12.4 Å². The Hall–Kier alpha value is -4.86. The number of esters is 1. The van der Waals surface area contributed by atoms with Gasteiger partial charge in [-0.25, -0.2) is 9.59 Å². The van der Waals surface area contributed by atoms with Gasteiger partial charge in [0.05, 0.1) is 43.5 Å². The number of imidazole rings is 1. The molecule has 38 heavy (non-hydrogen) atoms. The molecule has 4 aromatic rings. The number of oxime groups is 1. The molecule has 0 saturated carbocycles. The van der Waals surface area contributed by atoms with Crippen LogP contribution in [0.5, 0.6) is 6.01 Å². The number of rotatable bonds is 9. The van der Waals surface area contributed by atoms with E-state index >= 15 is 0 Å². The molecule has 0 aliphatic heterocycles. The molecular formula is C28H28N4O6. The van der Waals surface area contributed by atoms with Crippen LogP contribution in [-0.2, 0) is 20.9 Å². The van der Waals surface area contributed by atoms with Gasteiger partial charge >= 0.3 is 12.1 Å². The number of hydrogen-bond donors (Lipinski definition) is 1. The zero-order valence-electron chi connectivity index (χ0n) is 21.3. The van der Waals surface area contributed by atoms with Crippen LogP contribution in [0.2, 0.25) is 0 Å². The van der Waals surface area contributed by atoms with Crippen molar-refractivity contribution in [3.63, 3.8) is 0 Å². The lowest BCUT2D eigenvalue weighted by Gasteiger charge is -2.14. The summed E-state index contributed by atoms with van der Waals surface area (Å²) in [6.45, 7) is 4.35. The summed E-state index contributed by atoms with van der Waals surface area (Å²) in [5.74, 6) is -0.484. The Morgan fingerprint density at radius 2 is 1.76 bits per heavy atom. The summed E-state index contributed by atoms with van der Waals surface area (Å²) in [7, 11) is 1.33. The van der Waals surface area contributed by atoms with Crippen LogP contribution in [0.15, 0.2) is 71.9 Å². The third-order valence-electron chi connectivity index (χ3n) is 5.68. The first-order chi connectivity index (χ1) is 18.5. The van der Waals surface area contributed by atoms with E-state index in [1.807, 2.05) is 66.1 Å². The number of fused-ring (bicyclic) bond motifs is 1. The van der Waals surface area contributed by atoms with Gasteiger partial charge in [0.2, 0.25) is 0 Å². The summed E-state index contributed by atoms with van der Waals surface area (Å²) in [4.78, 5) is 33.6. The summed E-state index contributed by atoms with van der Waals surface area (Å²) in [6, 6.07) is 20.9. The second-order valence-electron chi connectivity index (χ2n) is 8.08. The van der Waals surface area contributed by atoms with Crippen LogP contribution in [0.25, 0.3) is 22.2 Å². The fourth-order valence-corrected chi connectivity index (χ4v) is 4.06. The molecule has 0 radical (unpaired) electrons. The number of nitrogens with zero attached hydrogens (tertiary/aromatic N) is 3. The van der Waals surface area contributed by atoms with E-state index in [1.54, 1.807) is 19.1 Å². The zero-order valence-corrected chi connectivity index (χ0v) is 21.3. The first-order valence-electron chi connectivity index (χ1n) is 12.0. The summed E-state index contributed by atoms with van der Waals surface area (Å²) in [5.41, 5.74) is 10.9. The number of hydrogen-bond acceptors (Lipinski definition) is 8. The number of amidine groups is 1. The number of carbonyl (C=O) groups excluding carboxylic acids is 2. The molecule has 4 rings (SSSR count). The molecule has 0 bridgehead atoms. The highest BCUT2D eigenvalue weighted by molar-refractivity contribution is 6.04. The maximum absolute atomic E-state index is 12.5. The van der Waals surface area contributed by atoms with E-state index < -0.39 is 12.1 Å². The SMILES string of the molecule is CCOC(=O)O/N=C(/N)c1cc(Cn2c(OCC)nc3cccc(C(=O)OC)c32)ccc1-c1ccccc1. The second-order valence-corrected chi connectivity index (χ2v) is 8.08. The molecule has 0 unspecified atom stereocenters. The zero-order chi connectivity index (χ0) is 27.1. The highest BCUT2D eigenvalue weighted by atomic mass is 16.8. The van der Waals surface area contributed by atoms with Crippen LogP contribution in [0.3, 0.4) is 0 Å². The van der Waals surface area contributed by atoms with Gasteiger partial charge in [0.15, 0.2) is 5.84 Å². The third kappa shape index (κ3) is 5.59. The molecule has 1 heterocycles. The van der Waals surface area contributed by atoms with Crippen molar-refractivity contribution in [1.29, 1.82) is 0 Å². The Balaban J connectivity index is 1.82. The molecule has 0 aliphatic rings. The molecule has 2 N–H and O–H groups in total. The molecule has 1 aromatic heterocycles. The number of ether oxygens (including phenoxy) is 3. The van der Waals surface area contributed by atoms with Crippen molar-refractivity contribution in [3.8, 4) is 17.1 Å². The molecule has 0 amide bonds. The van der Waals surface area contributed by atoms with Crippen molar-refractivity contribution in [2.45, 2.75) is 20.4 Å². The van der Waals surface area contributed by atoms with Gasteiger partial charge in [-0.1, -0.05) is 53.7 Å². The van der Waals surface area contributed by atoms with Gasteiger partial charge in [-0.3, -0.25) is 9.40 Å². The lowest BCUT2D eigenvalue weighted by atomic mass is 9.96. The lowest BCUT2D eigenvalue weighted by Crippen LogP contribution is -2.17. The van der Waals surface area contributed by atoms with Crippen LogP contribution in [0.4, 0.5) is 4.79 Å². The van der Waals surface area contributed by atoms with Crippen LogP contribution < -0.4 is 10.5 Å². The molecule has 3 aromatic carbocycles. The first-order valence-corrected chi connectivity index (χ1v) is 12.0. The predicted molar refractivity (Wildman–Crippen MR) is 142 cm³/mol. The van der Waals surface area contributed by atoms with E-state index in [2.05, 4.69) is 10.1 Å². The lowest BCUT2D eigenvalue weighted by molar-refractivity contribution is 0.0597. The summed E-state index contributed by atoms with van der Waals surface area (Å²) >= 11 is 0. The Morgan fingerprint density at radius 3 is 2.47 bits per heavy atom. The smallest absolute Gasteiger partial charge is 0.465 e. The van der Waals surface area contributed by atoms with Crippen molar-refractivity contribution in [2.75, 3.05) is 20.3 Å². The van der Waals surface area contributed by atoms with Crippen LogP contribution in [-0.4, -0.2) is 47.8 Å². The van der Waals surface area contributed by atoms with E-state index in [0.717, 1.165) is 16.7 Å². The third-order valence-corrected chi connectivity index (χ3v) is 5.68. The number of aromatic nitrogens is 2. The number of methoxy groups -OCH3 is 1. The quantitative estimate of drug-likeness (QED) is 0.111. The van der Waals surface area contributed by atoms with Crippen LogP contribution in [0.1, 0.15) is 35.3 Å². The monoisotopic (exact) mass is 516 g/mol. The Labute approximate surface area is 219 Å². The molecule has 0 fully saturated rings. The van der Waals surface area contributed by atoms with Crippen molar-refractivity contribution in [2.24, 2.45) is 10.9 Å². The number of benzene rings is 3. The first kappa shape index (κ1) is 26.2. The summed E-state index contributed by atoms with van der Waals surface area (Å²) in [5, 5.41) is 3.80. The predicted octanol–water partition coefficient (Wildman–Crippen LogP) is 4.73. The number of nitrogens with two attached hydrogens (primary N) is 1. The highest BCUT2D eigenvalue weighted by Gasteiger charge is 2.20. The molecule has 10 nitrogen and oxygen atoms in total. The Morgan fingerprint density at radius 1 is 0.974 bits per heavy atom. The number of carbonyl (C=O) groups is 2. The molecule has 0 aliphatic carbocycles. The van der Waals surface area contributed by atoms with E-state index in [1.165, 1.54) is 7.11 Å². The normalized spacial score (nSPS) is 11.3. The van der Waals surface area contributed by atoms with Crippen LogP contribution in [0, 0.1) is 0 Å². The van der Waals surface area contributed by atoms with Gasteiger partial charge in [-0.05, 0) is 48.7 Å². The maximum atomic E-state index is 12.5. The minimum atomic E-state index is -0.950. The van der Waals surface area contributed by atoms with Gasteiger partial charge in [-0.15, -0.1) is 0 Å². The van der Waals surface area contributed by atoms with Gasteiger partial charge in [0, 0.05) is 5.56 Å². The topological polar surface area (TPSA) is 127 Å². The molecule has 0 saturated heterocycles.